The van der Waals surface area contributed by atoms with E-state index in [4.69, 9.17) is 0 Å². The maximum atomic E-state index is 13.3. The summed E-state index contributed by atoms with van der Waals surface area (Å²) in [6.45, 7) is 0.691. The molecule has 1 N–H and O–H groups in total. The van der Waals surface area contributed by atoms with Crippen LogP contribution >= 0.6 is 0 Å². The van der Waals surface area contributed by atoms with Gasteiger partial charge in [-0.3, -0.25) is 4.79 Å². The van der Waals surface area contributed by atoms with Crippen LogP contribution in [0.5, 0.6) is 0 Å². The van der Waals surface area contributed by atoms with Gasteiger partial charge in [0.2, 0.25) is 0 Å². The summed E-state index contributed by atoms with van der Waals surface area (Å²) < 4.78 is 15.1. The van der Waals surface area contributed by atoms with Gasteiger partial charge in [0, 0.05) is 17.8 Å². The van der Waals surface area contributed by atoms with Crippen LogP contribution < -0.4 is 5.32 Å². The Balaban J connectivity index is 1.64. The Morgan fingerprint density at radius 1 is 1.14 bits per heavy atom. The molecule has 0 aliphatic heterocycles. The fourth-order valence-corrected chi connectivity index (χ4v) is 3.93. The van der Waals surface area contributed by atoms with E-state index in [9.17, 15) is 9.18 Å². The van der Waals surface area contributed by atoms with Crippen LogP contribution in [0.3, 0.4) is 0 Å². The summed E-state index contributed by atoms with van der Waals surface area (Å²) in [5.41, 5.74) is 4.36. The highest BCUT2D eigenvalue weighted by Gasteiger charge is 2.28. The Morgan fingerprint density at radius 3 is 2.55 bits per heavy atom. The van der Waals surface area contributed by atoms with E-state index < -0.39 is 0 Å². The molecular weight excluding hydrogens is 367 g/mol. The average molecular weight is 392 g/mol. The number of likely N-dealkylation sites (N-methyl/N-ethyl adjacent to an activating group) is 1. The highest BCUT2D eigenvalue weighted by atomic mass is 19.1. The molecule has 1 amide bonds. The third-order valence-electron chi connectivity index (χ3n) is 5.27. The summed E-state index contributed by atoms with van der Waals surface area (Å²) in [7, 11) is 3.98. The summed E-state index contributed by atoms with van der Waals surface area (Å²) in [4.78, 5) is 15.3. The van der Waals surface area contributed by atoms with Gasteiger partial charge in [-0.1, -0.05) is 30.3 Å². The first kappa shape index (κ1) is 19.3. The summed E-state index contributed by atoms with van der Waals surface area (Å²) in [6.07, 6.45) is 2.70. The molecule has 4 rings (SSSR count). The van der Waals surface area contributed by atoms with E-state index in [1.807, 2.05) is 44.4 Å². The van der Waals surface area contributed by atoms with E-state index in [1.54, 1.807) is 16.8 Å². The van der Waals surface area contributed by atoms with Gasteiger partial charge < -0.3 is 10.2 Å². The molecule has 1 aromatic heterocycles. The number of carbonyl (C=O) groups excluding carboxylic acids is 1. The van der Waals surface area contributed by atoms with Crippen LogP contribution in [0.25, 0.3) is 5.69 Å². The summed E-state index contributed by atoms with van der Waals surface area (Å²) in [6, 6.07) is 16.1. The van der Waals surface area contributed by atoms with Gasteiger partial charge in [0.05, 0.1) is 11.7 Å². The number of fused-ring (bicyclic) bond motifs is 1. The molecule has 1 atom stereocenters. The minimum absolute atomic E-state index is 0.133. The van der Waals surface area contributed by atoms with E-state index in [-0.39, 0.29) is 17.8 Å². The summed E-state index contributed by atoms with van der Waals surface area (Å²) in [5.74, 6) is -0.454. The van der Waals surface area contributed by atoms with Crippen molar-refractivity contribution in [2.45, 2.75) is 25.3 Å². The summed E-state index contributed by atoms with van der Waals surface area (Å²) >= 11 is 0. The first-order valence-electron chi connectivity index (χ1n) is 9.90. The Bertz CT molecular complexity index is 996. The largest absolute Gasteiger partial charge is 0.343 e. The van der Waals surface area contributed by atoms with Crippen molar-refractivity contribution in [3.05, 3.63) is 82.9 Å². The molecule has 1 aliphatic rings. The number of rotatable bonds is 6. The fourth-order valence-electron chi connectivity index (χ4n) is 3.93. The molecule has 0 saturated heterocycles. The maximum Gasteiger partial charge on any atom is 0.272 e. The van der Waals surface area contributed by atoms with Gasteiger partial charge in [0.15, 0.2) is 5.69 Å². The van der Waals surface area contributed by atoms with Gasteiger partial charge in [-0.15, -0.1) is 0 Å². The normalized spacial score (nSPS) is 14.1. The zero-order valence-corrected chi connectivity index (χ0v) is 16.7. The number of benzene rings is 2. The van der Waals surface area contributed by atoms with E-state index in [1.165, 1.54) is 12.1 Å². The first-order valence-corrected chi connectivity index (χ1v) is 9.90. The number of amides is 1. The van der Waals surface area contributed by atoms with Crippen LogP contribution in [0.2, 0.25) is 0 Å². The average Bonchev–Trinajstić information content (AvgIpc) is 3.31. The second kappa shape index (κ2) is 8.17. The maximum absolute atomic E-state index is 13.3. The number of aromatic nitrogens is 2. The molecule has 1 aliphatic carbocycles. The number of halogens is 1. The van der Waals surface area contributed by atoms with Crippen molar-refractivity contribution in [2.75, 3.05) is 20.6 Å². The molecule has 0 bridgehead atoms. The fraction of sp³-hybridized carbons (Fsp3) is 0.304. The van der Waals surface area contributed by atoms with Crippen molar-refractivity contribution < 1.29 is 9.18 Å². The Morgan fingerprint density at radius 2 is 1.86 bits per heavy atom. The molecule has 150 valence electrons. The molecule has 0 spiro atoms. The predicted octanol–water partition coefficient (Wildman–Crippen LogP) is 3.53. The summed E-state index contributed by atoms with van der Waals surface area (Å²) in [5, 5.41) is 7.79. The number of nitrogens with zero attached hydrogens (tertiary/aromatic N) is 3. The Kier molecular flexibility index (Phi) is 5.45. The lowest BCUT2D eigenvalue weighted by molar-refractivity contribution is 0.0923. The lowest BCUT2D eigenvalue weighted by Gasteiger charge is -2.22. The highest BCUT2D eigenvalue weighted by molar-refractivity contribution is 5.94. The van der Waals surface area contributed by atoms with E-state index in [0.29, 0.717) is 12.2 Å². The van der Waals surface area contributed by atoms with Crippen molar-refractivity contribution in [3.8, 4) is 5.69 Å². The van der Waals surface area contributed by atoms with Crippen molar-refractivity contribution in [2.24, 2.45) is 0 Å². The smallest absolute Gasteiger partial charge is 0.272 e. The van der Waals surface area contributed by atoms with Crippen molar-refractivity contribution >= 4 is 5.91 Å². The van der Waals surface area contributed by atoms with Crippen LogP contribution in [0, 0.1) is 5.82 Å². The molecule has 0 saturated carbocycles. The van der Waals surface area contributed by atoms with Crippen LogP contribution in [0.4, 0.5) is 4.39 Å². The van der Waals surface area contributed by atoms with Crippen molar-refractivity contribution in [1.82, 2.24) is 20.0 Å². The highest BCUT2D eigenvalue weighted by Crippen LogP contribution is 2.28. The van der Waals surface area contributed by atoms with Gasteiger partial charge in [0.1, 0.15) is 5.82 Å². The molecule has 0 radical (unpaired) electrons. The van der Waals surface area contributed by atoms with Gasteiger partial charge in [-0.2, -0.15) is 5.10 Å². The van der Waals surface area contributed by atoms with E-state index in [0.717, 1.165) is 41.8 Å². The van der Waals surface area contributed by atoms with Crippen molar-refractivity contribution in [1.29, 1.82) is 0 Å². The third-order valence-corrected chi connectivity index (χ3v) is 5.27. The molecular formula is C23H25FN4O. The zero-order chi connectivity index (χ0) is 20.4. The Hall–Kier alpha value is -2.99. The molecule has 29 heavy (non-hydrogen) atoms. The monoisotopic (exact) mass is 392 g/mol. The quantitative estimate of drug-likeness (QED) is 0.698. The number of hydrogen-bond donors (Lipinski definition) is 1. The third kappa shape index (κ3) is 4.07. The molecule has 0 fully saturated rings. The minimum atomic E-state index is -0.287. The SMILES string of the molecule is CN(C)CC(NC(=O)c1nn(-c2ccc(F)cc2)c2c1CCC2)c1ccccc1. The topological polar surface area (TPSA) is 50.2 Å². The van der Waals surface area contributed by atoms with Gasteiger partial charge >= 0.3 is 0 Å². The van der Waals surface area contributed by atoms with Gasteiger partial charge in [0.25, 0.3) is 5.91 Å². The van der Waals surface area contributed by atoms with E-state index in [2.05, 4.69) is 15.3 Å². The molecule has 2 aromatic carbocycles. The van der Waals surface area contributed by atoms with Crippen LogP contribution in [-0.2, 0) is 12.8 Å². The molecule has 1 unspecified atom stereocenters. The van der Waals surface area contributed by atoms with Gasteiger partial charge in [-0.05, 0) is 63.2 Å². The van der Waals surface area contributed by atoms with E-state index >= 15 is 0 Å². The number of hydrogen-bond acceptors (Lipinski definition) is 3. The van der Waals surface area contributed by atoms with Crippen LogP contribution in [-0.4, -0.2) is 41.2 Å². The number of nitrogens with one attached hydrogen (secondary N) is 1. The predicted molar refractivity (Wildman–Crippen MR) is 111 cm³/mol. The molecule has 3 aromatic rings. The van der Waals surface area contributed by atoms with Crippen LogP contribution in [0.15, 0.2) is 54.6 Å². The first-order chi connectivity index (χ1) is 14.0. The van der Waals surface area contributed by atoms with Crippen molar-refractivity contribution in [3.63, 3.8) is 0 Å². The van der Waals surface area contributed by atoms with Gasteiger partial charge in [-0.25, -0.2) is 9.07 Å². The molecule has 1 heterocycles. The lowest BCUT2D eigenvalue weighted by atomic mass is 10.1. The standard InChI is InChI=1S/C23H25FN4O/c1-27(2)15-20(16-7-4-3-5-8-16)25-23(29)22-19-9-6-10-21(19)28(26-22)18-13-11-17(24)12-14-18/h3-5,7-8,11-14,20H,6,9-10,15H2,1-2H3,(H,25,29). The lowest BCUT2D eigenvalue weighted by Crippen LogP contribution is -2.35. The molecule has 6 heteroatoms. The molecule has 5 nitrogen and oxygen atoms in total. The Labute approximate surface area is 170 Å². The van der Waals surface area contributed by atoms with Crippen LogP contribution in [0.1, 0.15) is 39.8 Å². The number of carbonyl (C=O) groups is 1. The zero-order valence-electron chi connectivity index (χ0n) is 16.7. The second-order valence-corrected chi connectivity index (χ2v) is 7.71. The second-order valence-electron chi connectivity index (χ2n) is 7.71. The minimum Gasteiger partial charge on any atom is -0.343 e.